The molecule has 3 aromatic carbocycles. The number of carbonyl (C=O) groups is 1. The van der Waals surface area contributed by atoms with Gasteiger partial charge in [0.2, 0.25) is 0 Å². The molecule has 2 fully saturated rings. The number of anilines is 3. The number of ether oxygens (including phenoxy) is 1. The number of nitrogens with zero attached hydrogens (tertiary/aromatic N) is 4. The molecule has 0 aliphatic carbocycles. The molecule has 2 aliphatic rings. The van der Waals surface area contributed by atoms with E-state index in [1.165, 1.54) is 18.3 Å². The summed E-state index contributed by atoms with van der Waals surface area (Å²) in [5.74, 6) is 1.71. The number of fused-ring (bicyclic) bond motifs is 4. The summed E-state index contributed by atoms with van der Waals surface area (Å²) in [7, 11) is -4.88. The molecule has 2 aromatic heterocycles. The maximum absolute atomic E-state index is 16.7. The van der Waals surface area contributed by atoms with Crippen LogP contribution in [0.25, 0.3) is 32.9 Å². The molecule has 0 radical (unpaired) electrons. The minimum atomic E-state index is -4.88. The number of rotatable bonds is 7. The Morgan fingerprint density at radius 3 is 2.57 bits per heavy atom. The third-order valence-electron chi connectivity index (χ3n) is 8.32. The highest BCUT2D eigenvalue weighted by Gasteiger charge is 2.34. The lowest BCUT2D eigenvalue weighted by molar-refractivity contribution is -0.118. The van der Waals surface area contributed by atoms with Gasteiger partial charge in [-0.15, -0.1) is 10.3 Å². The molecule has 2 atom stereocenters. The van der Waals surface area contributed by atoms with E-state index in [0.29, 0.717) is 46.5 Å². The molecule has 2 aliphatic heterocycles. The summed E-state index contributed by atoms with van der Waals surface area (Å²) in [6.45, 7) is 0.704. The molecule has 2 saturated heterocycles. The highest BCUT2D eigenvalue weighted by atomic mass is 32.3. The number of nitrogen functional groups attached to an aromatic ring is 1. The molecule has 4 N–H and O–H groups in total. The van der Waals surface area contributed by atoms with Gasteiger partial charge in [-0.25, -0.2) is 4.39 Å². The monoisotopic (exact) mass is 655 g/mol. The van der Waals surface area contributed by atoms with Crippen molar-refractivity contribution >= 4 is 55.0 Å². The number of carbonyl (C=O) groups excluding carboxylic acids is 1. The van der Waals surface area contributed by atoms with Gasteiger partial charge in [-0.3, -0.25) is 9.78 Å². The van der Waals surface area contributed by atoms with Crippen molar-refractivity contribution < 1.29 is 26.2 Å². The SMILES string of the molecule is C#Cc1cccc2cc(N)cc(-c3ncc4c(N5CC6CCC(C5)N6)nc(OCC(=O)Nc5ccc(S(=O)(=O)F)cc5)nc4c3F)c12. The Morgan fingerprint density at radius 2 is 1.87 bits per heavy atom. The lowest BCUT2D eigenvalue weighted by Crippen LogP contribution is -2.51. The second-order valence-corrected chi connectivity index (χ2v) is 12.8. The van der Waals surface area contributed by atoms with Gasteiger partial charge >= 0.3 is 16.2 Å². The van der Waals surface area contributed by atoms with Crippen LogP contribution in [0.2, 0.25) is 0 Å². The first-order valence-corrected chi connectivity index (χ1v) is 16.1. The van der Waals surface area contributed by atoms with E-state index in [-0.39, 0.29) is 35.0 Å². The molecule has 1 amide bonds. The van der Waals surface area contributed by atoms with E-state index in [0.717, 1.165) is 30.4 Å². The van der Waals surface area contributed by atoms with Gasteiger partial charge in [0, 0.05) is 59.3 Å². The maximum Gasteiger partial charge on any atom is 0.332 e. The molecule has 5 aromatic rings. The molecule has 14 heteroatoms. The average Bonchev–Trinajstić information content (AvgIpc) is 3.39. The first-order valence-electron chi connectivity index (χ1n) is 14.7. The summed E-state index contributed by atoms with van der Waals surface area (Å²) in [6.07, 6.45) is 9.33. The molecule has 2 bridgehead atoms. The fraction of sp³-hybridized carbons (Fsp3) is 0.212. The van der Waals surface area contributed by atoms with Crippen LogP contribution in [-0.4, -0.2) is 61.1 Å². The van der Waals surface area contributed by atoms with Gasteiger partial charge in [0.15, 0.2) is 12.4 Å². The number of pyridine rings is 1. The zero-order chi connectivity index (χ0) is 32.9. The normalized spacial score (nSPS) is 17.5. The van der Waals surface area contributed by atoms with Crippen molar-refractivity contribution in [2.24, 2.45) is 0 Å². The van der Waals surface area contributed by atoms with Gasteiger partial charge in [0.05, 0.1) is 10.3 Å². The maximum atomic E-state index is 16.7. The summed E-state index contributed by atoms with van der Waals surface area (Å²) < 4.78 is 57.7. The second-order valence-electron chi connectivity index (χ2n) is 11.5. The average molecular weight is 656 g/mol. The number of piperazine rings is 1. The Hall–Kier alpha value is -5.39. The summed E-state index contributed by atoms with van der Waals surface area (Å²) in [4.78, 5) is 27.7. The molecular formula is C33H27F2N7O4S. The molecule has 11 nitrogen and oxygen atoms in total. The van der Waals surface area contributed by atoms with Crippen LogP contribution in [-0.2, 0) is 15.0 Å². The first-order chi connectivity index (χ1) is 22.6. The molecule has 0 saturated carbocycles. The number of hydrogen-bond donors (Lipinski definition) is 3. The predicted molar refractivity (Wildman–Crippen MR) is 174 cm³/mol. The number of benzene rings is 3. The Kier molecular flexibility index (Phi) is 7.57. The zero-order valence-electron chi connectivity index (χ0n) is 24.7. The minimum absolute atomic E-state index is 0.00929. The fourth-order valence-corrected chi connectivity index (χ4v) is 6.73. The van der Waals surface area contributed by atoms with E-state index in [9.17, 15) is 17.1 Å². The van der Waals surface area contributed by atoms with Crippen molar-refractivity contribution in [1.82, 2.24) is 20.3 Å². The molecule has 0 spiro atoms. The van der Waals surface area contributed by atoms with Crippen LogP contribution in [0.15, 0.2) is 65.7 Å². The van der Waals surface area contributed by atoms with Crippen LogP contribution >= 0.6 is 0 Å². The van der Waals surface area contributed by atoms with Crippen LogP contribution in [0, 0.1) is 18.2 Å². The third kappa shape index (κ3) is 5.86. The smallest absolute Gasteiger partial charge is 0.332 e. The summed E-state index contributed by atoms with van der Waals surface area (Å²) >= 11 is 0. The van der Waals surface area contributed by atoms with Gasteiger partial charge in [-0.2, -0.15) is 18.4 Å². The van der Waals surface area contributed by atoms with Crippen LogP contribution in [0.1, 0.15) is 18.4 Å². The number of nitrogens with one attached hydrogen (secondary N) is 2. The Labute approximate surface area is 268 Å². The van der Waals surface area contributed by atoms with Crippen molar-refractivity contribution in [2.75, 3.05) is 35.6 Å². The highest BCUT2D eigenvalue weighted by Crippen LogP contribution is 2.38. The Morgan fingerprint density at radius 1 is 1.13 bits per heavy atom. The van der Waals surface area contributed by atoms with Crippen LogP contribution in [0.4, 0.5) is 25.5 Å². The van der Waals surface area contributed by atoms with Crippen LogP contribution in [0.5, 0.6) is 6.01 Å². The van der Waals surface area contributed by atoms with Crippen LogP contribution < -0.4 is 26.0 Å². The van der Waals surface area contributed by atoms with Crippen molar-refractivity contribution in [1.29, 1.82) is 0 Å². The standard InChI is InChI=1S/C33H27F2N7O4S/c1-2-18-4-3-5-19-12-20(36)13-25(28(18)19)30-29(34)31-26(14-37-30)32(42-15-22-6-7-23(16-42)38-22)41-33(40-31)46-17-27(43)39-21-8-10-24(11-9-21)47(35,44)45/h1,3-5,8-14,22-23,38H,6-7,15-17,36H2,(H,39,43). The number of amides is 1. The molecule has 47 heavy (non-hydrogen) atoms. The van der Waals surface area contributed by atoms with Crippen molar-refractivity contribution in [3.05, 3.63) is 72.2 Å². The van der Waals surface area contributed by atoms with E-state index in [1.807, 2.05) is 11.0 Å². The summed E-state index contributed by atoms with van der Waals surface area (Å²) in [5, 5.41) is 7.82. The number of nitrogens with two attached hydrogens (primary N) is 1. The first kappa shape index (κ1) is 30.3. The van der Waals surface area contributed by atoms with Gasteiger partial charge in [0.25, 0.3) is 5.91 Å². The van der Waals surface area contributed by atoms with Crippen molar-refractivity contribution in [3.63, 3.8) is 0 Å². The van der Waals surface area contributed by atoms with Gasteiger partial charge in [-0.1, -0.05) is 18.1 Å². The van der Waals surface area contributed by atoms with E-state index in [4.69, 9.17) is 16.9 Å². The Bertz CT molecular complexity index is 2210. The van der Waals surface area contributed by atoms with Gasteiger partial charge in [0.1, 0.15) is 17.0 Å². The van der Waals surface area contributed by atoms with E-state index >= 15 is 4.39 Å². The summed E-state index contributed by atoms with van der Waals surface area (Å²) in [6, 6.07) is 13.5. The topological polar surface area (TPSA) is 152 Å². The molecule has 4 heterocycles. The highest BCUT2D eigenvalue weighted by molar-refractivity contribution is 7.86. The zero-order valence-corrected chi connectivity index (χ0v) is 25.5. The number of halogens is 2. The largest absolute Gasteiger partial charge is 0.453 e. The molecular weight excluding hydrogens is 628 g/mol. The predicted octanol–water partition coefficient (Wildman–Crippen LogP) is 4.16. The second kappa shape index (κ2) is 11.8. The quantitative estimate of drug-likeness (QED) is 0.132. The molecule has 2 unspecified atom stereocenters. The van der Waals surface area contributed by atoms with Gasteiger partial charge in [-0.05, 0) is 60.7 Å². The van der Waals surface area contributed by atoms with E-state index < -0.39 is 33.4 Å². The Balaban J connectivity index is 1.27. The lowest BCUT2D eigenvalue weighted by atomic mass is 9.96. The minimum Gasteiger partial charge on any atom is -0.453 e. The number of hydrogen-bond acceptors (Lipinski definition) is 10. The number of aromatic nitrogens is 3. The van der Waals surface area contributed by atoms with Crippen molar-refractivity contribution in [2.45, 2.75) is 29.8 Å². The van der Waals surface area contributed by atoms with Crippen LogP contribution in [0.3, 0.4) is 0 Å². The number of terminal acetylenes is 1. The van der Waals surface area contributed by atoms with E-state index in [2.05, 4.69) is 31.5 Å². The van der Waals surface area contributed by atoms with Gasteiger partial charge < -0.3 is 26.0 Å². The van der Waals surface area contributed by atoms with Crippen molar-refractivity contribution in [3.8, 4) is 29.6 Å². The molecule has 7 rings (SSSR count). The summed E-state index contributed by atoms with van der Waals surface area (Å²) in [5.41, 5.74) is 7.70. The third-order valence-corrected chi connectivity index (χ3v) is 9.16. The lowest BCUT2D eigenvalue weighted by Gasteiger charge is -2.34. The molecule has 238 valence electrons. The van der Waals surface area contributed by atoms with E-state index in [1.54, 1.807) is 24.3 Å². The fourth-order valence-electron chi connectivity index (χ4n) is 6.27.